The normalized spacial score (nSPS) is 12.2. The highest BCUT2D eigenvalue weighted by Gasteiger charge is 2.25. The molecule has 4 N–H and O–H groups in total. The number of hydrogen-bond acceptors (Lipinski definition) is 5. The quantitative estimate of drug-likeness (QED) is 0.309. The Morgan fingerprint density at radius 3 is 2.57 bits per heavy atom. The Hall–Kier alpha value is -1.76. The SMILES string of the molecule is CCC(CC)(CNC(=O)c1ccc(/C(N)=N/O)cn1)SC. The van der Waals surface area contributed by atoms with Crippen LogP contribution in [0.4, 0.5) is 0 Å². The first-order chi connectivity index (χ1) is 10.0. The maximum Gasteiger partial charge on any atom is 0.269 e. The van der Waals surface area contributed by atoms with Crippen molar-refractivity contribution in [2.45, 2.75) is 31.4 Å². The molecule has 0 aliphatic heterocycles. The van der Waals surface area contributed by atoms with Crippen LogP contribution >= 0.6 is 11.8 Å². The van der Waals surface area contributed by atoms with Crippen LogP contribution in [0.2, 0.25) is 0 Å². The zero-order valence-corrected chi connectivity index (χ0v) is 13.4. The minimum Gasteiger partial charge on any atom is -0.409 e. The molecule has 1 heterocycles. The highest BCUT2D eigenvalue weighted by molar-refractivity contribution is 8.00. The summed E-state index contributed by atoms with van der Waals surface area (Å²) < 4.78 is 0.0591. The summed E-state index contributed by atoms with van der Waals surface area (Å²) in [5, 5.41) is 14.4. The van der Waals surface area contributed by atoms with Crippen LogP contribution in [-0.4, -0.2) is 39.5 Å². The van der Waals surface area contributed by atoms with Crippen molar-refractivity contribution in [1.29, 1.82) is 0 Å². The number of oxime groups is 1. The Morgan fingerprint density at radius 2 is 2.14 bits per heavy atom. The second-order valence-electron chi connectivity index (χ2n) is 4.69. The number of carbonyl (C=O) groups is 1. The van der Waals surface area contributed by atoms with Gasteiger partial charge < -0.3 is 16.3 Å². The van der Waals surface area contributed by atoms with Gasteiger partial charge in [-0.15, -0.1) is 0 Å². The van der Waals surface area contributed by atoms with Crippen LogP contribution in [0.15, 0.2) is 23.5 Å². The van der Waals surface area contributed by atoms with Crippen LogP contribution in [0.3, 0.4) is 0 Å². The molecule has 21 heavy (non-hydrogen) atoms. The topological polar surface area (TPSA) is 101 Å². The van der Waals surface area contributed by atoms with Crippen molar-refractivity contribution in [1.82, 2.24) is 10.3 Å². The lowest BCUT2D eigenvalue weighted by Gasteiger charge is -2.29. The molecular weight excluding hydrogens is 288 g/mol. The van der Waals surface area contributed by atoms with E-state index in [1.807, 2.05) is 0 Å². The molecule has 0 atom stereocenters. The minimum atomic E-state index is -0.221. The van der Waals surface area contributed by atoms with Crippen molar-refractivity contribution in [2.24, 2.45) is 10.9 Å². The van der Waals surface area contributed by atoms with Gasteiger partial charge in [-0.3, -0.25) is 9.78 Å². The van der Waals surface area contributed by atoms with E-state index in [0.717, 1.165) is 12.8 Å². The van der Waals surface area contributed by atoms with Gasteiger partial charge in [0.15, 0.2) is 5.84 Å². The Balaban J connectivity index is 2.72. The van der Waals surface area contributed by atoms with Crippen LogP contribution in [0.1, 0.15) is 42.7 Å². The van der Waals surface area contributed by atoms with Gasteiger partial charge in [0.1, 0.15) is 5.69 Å². The third-order valence-electron chi connectivity index (χ3n) is 3.69. The summed E-state index contributed by atoms with van der Waals surface area (Å²) in [6.45, 7) is 4.84. The number of hydrogen-bond donors (Lipinski definition) is 3. The lowest BCUT2D eigenvalue weighted by Crippen LogP contribution is -2.39. The van der Waals surface area contributed by atoms with Crippen molar-refractivity contribution in [2.75, 3.05) is 12.8 Å². The van der Waals surface area contributed by atoms with Gasteiger partial charge in [0.2, 0.25) is 0 Å². The largest absolute Gasteiger partial charge is 0.409 e. The number of nitrogens with zero attached hydrogens (tertiary/aromatic N) is 2. The number of carbonyl (C=O) groups excluding carboxylic acids is 1. The summed E-state index contributed by atoms with van der Waals surface area (Å²) >= 11 is 1.77. The van der Waals surface area contributed by atoms with Crippen LogP contribution in [0, 0.1) is 0 Å². The lowest BCUT2D eigenvalue weighted by molar-refractivity contribution is 0.0944. The molecule has 0 spiro atoms. The number of pyridine rings is 1. The predicted octanol–water partition coefficient (Wildman–Crippen LogP) is 1.83. The van der Waals surface area contributed by atoms with E-state index in [9.17, 15) is 4.79 Å². The van der Waals surface area contributed by atoms with E-state index >= 15 is 0 Å². The molecule has 1 aromatic rings. The highest BCUT2D eigenvalue weighted by atomic mass is 32.2. The minimum absolute atomic E-state index is 0.0344. The molecule has 0 fully saturated rings. The average molecular weight is 310 g/mol. The first-order valence-corrected chi connectivity index (χ1v) is 8.01. The van der Waals surface area contributed by atoms with E-state index in [1.165, 1.54) is 6.20 Å². The van der Waals surface area contributed by atoms with Gasteiger partial charge in [-0.25, -0.2) is 0 Å². The number of aromatic nitrogens is 1. The van der Waals surface area contributed by atoms with Gasteiger partial charge in [-0.2, -0.15) is 11.8 Å². The molecule has 0 saturated carbocycles. The van der Waals surface area contributed by atoms with E-state index in [0.29, 0.717) is 17.8 Å². The number of amidine groups is 1. The zero-order valence-electron chi connectivity index (χ0n) is 12.6. The standard InChI is InChI=1S/C14H22N4O2S/c1-4-14(5-2,21-3)9-17-13(19)11-7-6-10(8-16-11)12(15)18-20/h6-8,20H,4-5,9H2,1-3H3,(H2,15,18)(H,17,19). The molecule has 6 nitrogen and oxygen atoms in total. The van der Waals surface area contributed by atoms with Gasteiger partial charge in [-0.1, -0.05) is 19.0 Å². The summed E-state index contributed by atoms with van der Waals surface area (Å²) in [5.41, 5.74) is 6.23. The maximum absolute atomic E-state index is 12.1. The van der Waals surface area contributed by atoms with E-state index in [-0.39, 0.29) is 16.5 Å². The van der Waals surface area contributed by atoms with Crippen molar-refractivity contribution in [3.8, 4) is 0 Å². The Kier molecular flexibility index (Phi) is 6.48. The van der Waals surface area contributed by atoms with E-state index in [2.05, 4.69) is 35.6 Å². The first-order valence-electron chi connectivity index (χ1n) is 6.79. The lowest BCUT2D eigenvalue weighted by atomic mass is 10.0. The Morgan fingerprint density at radius 1 is 1.48 bits per heavy atom. The van der Waals surface area contributed by atoms with Crippen LogP contribution in [-0.2, 0) is 0 Å². The number of rotatable bonds is 7. The molecular formula is C14H22N4O2S. The number of thioether (sulfide) groups is 1. The second kappa shape index (κ2) is 7.87. The fourth-order valence-electron chi connectivity index (χ4n) is 1.93. The van der Waals surface area contributed by atoms with Crippen molar-refractivity contribution >= 4 is 23.5 Å². The molecule has 1 aromatic heterocycles. The molecule has 0 saturated heterocycles. The second-order valence-corrected chi connectivity index (χ2v) is 5.97. The maximum atomic E-state index is 12.1. The monoisotopic (exact) mass is 310 g/mol. The van der Waals surface area contributed by atoms with Gasteiger partial charge in [0, 0.05) is 23.1 Å². The van der Waals surface area contributed by atoms with Gasteiger partial charge in [0.05, 0.1) is 0 Å². The van der Waals surface area contributed by atoms with Crippen LogP contribution in [0.5, 0.6) is 0 Å². The molecule has 0 aliphatic carbocycles. The van der Waals surface area contributed by atoms with E-state index < -0.39 is 0 Å². The smallest absolute Gasteiger partial charge is 0.269 e. The van der Waals surface area contributed by atoms with Crippen molar-refractivity contribution in [3.05, 3.63) is 29.6 Å². The van der Waals surface area contributed by atoms with Crippen molar-refractivity contribution in [3.63, 3.8) is 0 Å². The van der Waals surface area contributed by atoms with Crippen LogP contribution in [0.25, 0.3) is 0 Å². The van der Waals surface area contributed by atoms with Gasteiger partial charge in [0.25, 0.3) is 5.91 Å². The van der Waals surface area contributed by atoms with E-state index in [4.69, 9.17) is 10.9 Å². The summed E-state index contributed by atoms with van der Waals surface area (Å²) in [7, 11) is 0. The third kappa shape index (κ3) is 4.35. The fourth-order valence-corrected chi connectivity index (χ4v) is 2.72. The molecule has 0 radical (unpaired) electrons. The molecule has 0 aromatic carbocycles. The fraction of sp³-hybridized carbons (Fsp3) is 0.500. The van der Waals surface area contributed by atoms with Crippen molar-refractivity contribution < 1.29 is 10.0 Å². The predicted molar refractivity (Wildman–Crippen MR) is 85.9 cm³/mol. The number of nitrogens with two attached hydrogens (primary N) is 1. The summed E-state index contributed by atoms with van der Waals surface area (Å²) in [6, 6.07) is 3.15. The molecule has 0 bridgehead atoms. The first kappa shape index (κ1) is 17.3. The Labute approximate surface area is 129 Å². The molecule has 1 amide bonds. The Bertz CT molecular complexity index is 490. The average Bonchev–Trinajstić information content (AvgIpc) is 2.55. The highest BCUT2D eigenvalue weighted by Crippen LogP contribution is 2.29. The van der Waals surface area contributed by atoms with Gasteiger partial charge >= 0.3 is 0 Å². The molecule has 1 rings (SSSR count). The van der Waals surface area contributed by atoms with E-state index in [1.54, 1.807) is 23.9 Å². The number of amides is 1. The summed E-state index contributed by atoms with van der Waals surface area (Å²) in [5.74, 6) is -0.255. The van der Waals surface area contributed by atoms with Crippen LogP contribution < -0.4 is 11.1 Å². The number of nitrogens with one attached hydrogen (secondary N) is 1. The summed E-state index contributed by atoms with van der Waals surface area (Å²) in [4.78, 5) is 16.1. The molecule has 7 heteroatoms. The third-order valence-corrected chi connectivity index (χ3v) is 5.28. The van der Waals surface area contributed by atoms with Gasteiger partial charge in [-0.05, 0) is 31.2 Å². The summed E-state index contributed by atoms with van der Waals surface area (Å²) in [6.07, 6.45) is 5.44. The molecule has 116 valence electrons. The zero-order chi connectivity index (χ0) is 15.9. The molecule has 0 unspecified atom stereocenters. The molecule has 0 aliphatic rings.